The van der Waals surface area contributed by atoms with E-state index in [1.54, 1.807) is 12.1 Å². The van der Waals surface area contributed by atoms with Gasteiger partial charge in [-0.1, -0.05) is 31.2 Å². The Kier molecular flexibility index (Phi) is 6.34. The lowest BCUT2D eigenvalue weighted by Crippen LogP contribution is -2.43. The minimum Gasteiger partial charge on any atom is -0.484 e. The third-order valence-corrected chi connectivity index (χ3v) is 6.66. The maximum atomic E-state index is 13.5. The summed E-state index contributed by atoms with van der Waals surface area (Å²) in [6.07, 6.45) is 1.30. The normalized spacial score (nSPS) is 18.0. The molecular formula is C21H24FNO4S. The van der Waals surface area contributed by atoms with Crippen molar-refractivity contribution in [2.75, 3.05) is 18.1 Å². The molecule has 0 aromatic heterocycles. The highest BCUT2D eigenvalue weighted by atomic mass is 32.2. The number of halogens is 1. The summed E-state index contributed by atoms with van der Waals surface area (Å²) in [5.74, 6) is -0.138. The van der Waals surface area contributed by atoms with Crippen LogP contribution in [0.1, 0.15) is 24.5 Å². The molecule has 0 bridgehead atoms. The van der Waals surface area contributed by atoms with Crippen molar-refractivity contribution in [2.45, 2.75) is 32.4 Å². The number of aryl methyl sites for hydroxylation is 1. The van der Waals surface area contributed by atoms with Crippen molar-refractivity contribution < 1.29 is 22.3 Å². The number of amides is 1. The van der Waals surface area contributed by atoms with Gasteiger partial charge in [-0.15, -0.1) is 0 Å². The summed E-state index contributed by atoms with van der Waals surface area (Å²) >= 11 is 0. The fourth-order valence-corrected chi connectivity index (χ4v) is 5.05. The van der Waals surface area contributed by atoms with E-state index in [4.69, 9.17) is 4.74 Å². The molecule has 1 aliphatic rings. The summed E-state index contributed by atoms with van der Waals surface area (Å²) in [5, 5.41) is 0. The Balaban J connectivity index is 1.72. The molecule has 2 aromatic rings. The topological polar surface area (TPSA) is 63.7 Å². The fourth-order valence-electron chi connectivity index (χ4n) is 3.32. The number of hydrogen-bond acceptors (Lipinski definition) is 4. The van der Waals surface area contributed by atoms with Gasteiger partial charge in [0.05, 0.1) is 11.5 Å². The molecule has 2 aromatic carbocycles. The lowest BCUT2D eigenvalue weighted by atomic mass is 10.1. The van der Waals surface area contributed by atoms with Gasteiger partial charge in [0.2, 0.25) is 0 Å². The third-order valence-electron chi connectivity index (χ3n) is 4.91. The van der Waals surface area contributed by atoms with E-state index in [1.165, 1.54) is 22.6 Å². The van der Waals surface area contributed by atoms with Gasteiger partial charge in [-0.2, -0.15) is 0 Å². The third kappa shape index (κ3) is 5.32. The second-order valence-corrected chi connectivity index (χ2v) is 9.22. The summed E-state index contributed by atoms with van der Waals surface area (Å²) in [6.45, 7) is 2.01. The van der Waals surface area contributed by atoms with Crippen molar-refractivity contribution in [2.24, 2.45) is 0 Å². The summed E-state index contributed by atoms with van der Waals surface area (Å²) in [5.41, 5.74) is 1.78. The van der Waals surface area contributed by atoms with E-state index < -0.39 is 21.7 Å². The Labute approximate surface area is 165 Å². The van der Waals surface area contributed by atoms with Gasteiger partial charge >= 0.3 is 0 Å². The number of carbonyl (C=O) groups excluding carboxylic acids is 1. The zero-order chi connectivity index (χ0) is 20.1. The van der Waals surface area contributed by atoms with Gasteiger partial charge in [0.25, 0.3) is 5.91 Å². The molecule has 0 saturated carbocycles. The molecule has 0 aliphatic carbocycles. The van der Waals surface area contributed by atoms with Crippen LogP contribution in [0.25, 0.3) is 0 Å². The van der Waals surface area contributed by atoms with Crippen LogP contribution in [0.2, 0.25) is 0 Å². The molecule has 1 heterocycles. The number of hydrogen-bond donors (Lipinski definition) is 0. The molecule has 0 spiro atoms. The van der Waals surface area contributed by atoms with Crippen LogP contribution < -0.4 is 4.74 Å². The van der Waals surface area contributed by atoms with Crippen molar-refractivity contribution in [3.8, 4) is 5.75 Å². The zero-order valence-electron chi connectivity index (χ0n) is 15.8. The minimum atomic E-state index is -3.16. The van der Waals surface area contributed by atoms with Gasteiger partial charge in [-0.25, -0.2) is 12.8 Å². The largest absolute Gasteiger partial charge is 0.484 e. The summed E-state index contributed by atoms with van der Waals surface area (Å²) in [4.78, 5) is 14.3. The number of rotatable bonds is 7. The van der Waals surface area contributed by atoms with E-state index in [0.717, 1.165) is 6.42 Å². The molecule has 3 rings (SSSR count). The van der Waals surface area contributed by atoms with Crippen molar-refractivity contribution >= 4 is 15.7 Å². The highest BCUT2D eigenvalue weighted by molar-refractivity contribution is 7.91. The summed E-state index contributed by atoms with van der Waals surface area (Å²) in [7, 11) is -3.16. The molecule has 150 valence electrons. The van der Waals surface area contributed by atoms with E-state index in [9.17, 15) is 17.6 Å². The second kappa shape index (κ2) is 8.73. The first-order valence-electron chi connectivity index (χ1n) is 9.32. The van der Waals surface area contributed by atoms with E-state index in [-0.39, 0.29) is 30.6 Å². The molecule has 0 unspecified atom stereocenters. The highest BCUT2D eigenvalue weighted by Crippen LogP contribution is 2.21. The Morgan fingerprint density at radius 2 is 1.93 bits per heavy atom. The first-order chi connectivity index (χ1) is 13.4. The molecule has 1 saturated heterocycles. The number of benzene rings is 2. The fraction of sp³-hybridized carbons (Fsp3) is 0.381. The van der Waals surface area contributed by atoms with Gasteiger partial charge in [-0.05, 0) is 48.2 Å². The second-order valence-electron chi connectivity index (χ2n) is 6.99. The smallest absolute Gasteiger partial charge is 0.261 e. The number of ether oxygens (including phenoxy) is 1. The lowest BCUT2D eigenvalue weighted by molar-refractivity contribution is -0.136. The molecule has 5 nitrogen and oxygen atoms in total. The highest BCUT2D eigenvalue weighted by Gasteiger charge is 2.34. The van der Waals surface area contributed by atoms with Crippen molar-refractivity contribution in [1.29, 1.82) is 0 Å². The van der Waals surface area contributed by atoms with Gasteiger partial charge in [-0.3, -0.25) is 4.79 Å². The SMILES string of the molecule is CCc1ccc(OCC(=O)N(Cc2cccc(F)c2)[C@@H]2CCS(=O)(=O)C2)cc1. The molecule has 1 atom stereocenters. The van der Waals surface area contributed by atoms with Gasteiger partial charge < -0.3 is 9.64 Å². The molecule has 28 heavy (non-hydrogen) atoms. The van der Waals surface area contributed by atoms with Crippen LogP contribution in [-0.2, 0) is 27.6 Å². The van der Waals surface area contributed by atoms with Gasteiger partial charge in [0, 0.05) is 12.6 Å². The quantitative estimate of drug-likeness (QED) is 0.710. The summed E-state index contributed by atoms with van der Waals surface area (Å²) in [6, 6.07) is 13.1. The van der Waals surface area contributed by atoms with E-state index >= 15 is 0 Å². The van der Waals surface area contributed by atoms with Gasteiger partial charge in [0.15, 0.2) is 16.4 Å². The van der Waals surface area contributed by atoms with Crippen molar-refractivity contribution in [1.82, 2.24) is 4.90 Å². The average molecular weight is 405 g/mol. The Morgan fingerprint density at radius 3 is 2.54 bits per heavy atom. The molecule has 1 fully saturated rings. The van der Waals surface area contributed by atoms with Gasteiger partial charge in [0.1, 0.15) is 11.6 Å². The maximum Gasteiger partial charge on any atom is 0.261 e. The van der Waals surface area contributed by atoms with Crippen molar-refractivity contribution in [3.63, 3.8) is 0 Å². The Bertz CT molecular complexity index is 928. The molecule has 7 heteroatoms. The first-order valence-corrected chi connectivity index (χ1v) is 11.1. The van der Waals surface area contributed by atoms with Crippen LogP contribution >= 0.6 is 0 Å². The maximum absolute atomic E-state index is 13.5. The van der Waals surface area contributed by atoms with Crippen LogP contribution in [-0.4, -0.2) is 43.4 Å². The number of nitrogens with zero attached hydrogens (tertiary/aromatic N) is 1. The average Bonchev–Trinajstić information content (AvgIpc) is 3.04. The van der Waals surface area contributed by atoms with Crippen LogP contribution in [0.15, 0.2) is 48.5 Å². The lowest BCUT2D eigenvalue weighted by Gasteiger charge is -2.28. The molecular weight excluding hydrogens is 381 g/mol. The standard InChI is InChI=1S/C21H24FNO4S/c1-2-16-6-8-20(9-7-16)27-14-21(24)23(19-10-11-28(25,26)15-19)13-17-4-3-5-18(22)12-17/h3-9,12,19H,2,10-11,13-15H2,1H3/t19-/m1/s1. The number of carbonyl (C=O) groups is 1. The van der Waals surface area contributed by atoms with Crippen LogP contribution in [0.4, 0.5) is 4.39 Å². The first kappa shape index (κ1) is 20.3. The molecule has 0 N–H and O–H groups in total. The molecule has 0 radical (unpaired) electrons. The van der Waals surface area contributed by atoms with Crippen molar-refractivity contribution in [3.05, 3.63) is 65.5 Å². The monoisotopic (exact) mass is 405 g/mol. The summed E-state index contributed by atoms with van der Waals surface area (Å²) < 4.78 is 42.9. The van der Waals surface area contributed by atoms with Crippen LogP contribution in [0.5, 0.6) is 5.75 Å². The Morgan fingerprint density at radius 1 is 1.18 bits per heavy atom. The van der Waals surface area contributed by atoms with E-state index in [1.807, 2.05) is 24.3 Å². The minimum absolute atomic E-state index is 0.0595. The zero-order valence-corrected chi connectivity index (χ0v) is 16.6. The number of sulfone groups is 1. The van der Waals surface area contributed by atoms with E-state index in [0.29, 0.717) is 17.7 Å². The Hall–Kier alpha value is -2.41. The van der Waals surface area contributed by atoms with Crippen LogP contribution in [0.3, 0.4) is 0 Å². The predicted octanol–water partition coefficient (Wildman–Crippen LogP) is 2.98. The molecule has 1 amide bonds. The van der Waals surface area contributed by atoms with E-state index in [2.05, 4.69) is 6.92 Å². The predicted molar refractivity (Wildman–Crippen MR) is 105 cm³/mol. The van der Waals surface area contributed by atoms with Crippen LogP contribution in [0, 0.1) is 5.82 Å². The molecule has 1 aliphatic heterocycles.